The maximum absolute atomic E-state index is 13.2. The first-order valence-corrected chi connectivity index (χ1v) is 8.74. The van der Waals surface area contributed by atoms with E-state index in [9.17, 15) is 28.5 Å². The lowest BCUT2D eigenvalue weighted by molar-refractivity contribution is -0.140. The molecule has 0 bridgehead atoms. The smallest absolute Gasteiger partial charge is 0.389 e. The van der Waals surface area contributed by atoms with E-state index in [4.69, 9.17) is 0 Å². The van der Waals surface area contributed by atoms with E-state index in [-0.39, 0.29) is 24.2 Å². The average molecular weight is 375 g/mol. The zero-order chi connectivity index (χ0) is 19.1. The number of anilines is 1. The monoisotopic (exact) mass is 375 g/mol. The molecular weight excluding hydrogens is 351 g/mol. The summed E-state index contributed by atoms with van der Waals surface area (Å²) in [5, 5.41) is 29.6. The highest BCUT2D eigenvalue weighted by atomic mass is 19.4. The van der Waals surface area contributed by atoms with Gasteiger partial charge in [0.1, 0.15) is 6.10 Å². The minimum Gasteiger partial charge on any atom is -0.389 e. The Balaban J connectivity index is 1.67. The number of nitrogens with zero attached hydrogens (tertiary/aromatic N) is 3. The van der Waals surface area contributed by atoms with Crippen molar-refractivity contribution in [3.8, 4) is 0 Å². The fourth-order valence-corrected chi connectivity index (χ4v) is 3.89. The zero-order valence-electron chi connectivity index (χ0n) is 14.5. The number of aromatic nitrogens is 1. The van der Waals surface area contributed by atoms with E-state index in [0.717, 1.165) is 6.20 Å². The van der Waals surface area contributed by atoms with Crippen LogP contribution in [0.1, 0.15) is 19.0 Å². The molecule has 1 aromatic rings. The molecule has 0 spiro atoms. The van der Waals surface area contributed by atoms with Crippen molar-refractivity contribution in [3.05, 3.63) is 24.0 Å². The number of rotatable bonds is 3. The van der Waals surface area contributed by atoms with Crippen molar-refractivity contribution in [1.29, 1.82) is 0 Å². The van der Waals surface area contributed by atoms with Gasteiger partial charge < -0.3 is 20.2 Å². The molecule has 3 heterocycles. The predicted octanol–water partition coefficient (Wildman–Crippen LogP) is 0.713. The Labute approximate surface area is 149 Å². The number of hydrogen-bond donors (Lipinski definition) is 3. The molecule has 2 aliphatic rings. The van der Waals surface area contributed by atoms with Gasteiger partial charge in [0, 0.05) is 38.4 Å². The Morgan fingerprint density at radius 1 is 1.19 bits per heavy atom. The van der Waals surface area contributed by atoms with E-state index in [1.165, 1.54) is 12.1 Å². The summed E-state index contributed by atoms with van der Waals surface area (Å²) in [5.41, 5.74) is -0.786. The molecule has 9 heteroatoms. The number of pyridine rings is 1. The third-order valence-corrected chi connectivity index (χ3v) is 5.41. The van der Waals surface area contributed by atoms with Gasteiger partial charge in [-0.05, 0) is 31.4 Å². The van der Waals surface area contributed by atoms with Crippen LogP contribution >= 0.6 is 0 Å². The van der Waals surface area contributed by atoms with E-state index in [2.05, 4.69) is 4.98 Å². The van der Waals surface area contributed by atoms with Gasteiger partial charge in [0.15, 0.2) is 5.69 Å². The summed E-state index contributed by atoms with van der Waals surface area (Å²) in [6.07, 6.45) is -5.90. The standard InChI is InChI=1S/C17H24F3N3O3/c1-10-14(25)15(26)13(24)9-23(10)8-11-4-6-22(7-11)12-3-2-5-21-16(12)17(18,19)20/h2-3,5,10-11,13-15,24-26H,4,6-9H2,1H3/t10-,11?,13+,14-,15-/m1/s1. The number of hydrogen-bond acceptors (Lipinski definition) is 6. The van der Waals surface area contributed by atoms with Crippen LogP contribution in [0.5, 0.6) is 0 Å². The van der Waals surface area contributed by atoms with Gasteiger partial charge in [0.25, 0.3) is 0 Å². The molecule has 26 heavy (non-hydrogen) atoms. The molecule has 0 aromatic carbocycles. The molecule has 0 saturated carbocycles. The van der Waals surface area contributed by atoms with Gasteiger partial charge in [-0.25, -0.2) is 4.98 Å². The Bertz CT molecular complexity index is 631. The first-order chi connectivity index (χ1) is 12.2. The molecule has 2 saturated heterocycles. The largest absolute Gasteiger partial charge is 0.435 e. The second-order valence-corrected chi connectivity index (χ2v) is 7.21. The first kappa shape index (κ1) is 19.3. The number of likely N-dealkylation sites (tertiary alicyclic amines) is 1. The van der Waals surface area contributed by atoms with Crippen molar-refractivity contribution < 1.29 is 28.5 Å². The number of piperidine rings is 1. The average Bonchev–Trinajstić information content (AvgIpc) is 3.05. The van der Waals surface area contributed by atoms with E-state index < -0.39 is 30.2 Å². The van der Waals surface area contributed by atoms with Crippen LogP contribution in [0.15, 0.2) is 18.3 Å². The molecule has 2 fully saturated rings. The van der Waals surface area contributed by atoms with Gasteiger partial charge in [0.2, 0.25) is 0 Å². The molecule has 5 atom stereocenters. The van der Waals surface area contributed by atoms with Gasteiger partial charge in [-0.15, -0.1) is 0 Å². The van der Waals surface area contributed by atoms with Crippen LogP contribution in [0, 0.1) is 5.92 Å². The van der Waals surface area contributed by atoms with Crippen molar-refractivity contribution in [2.75, 3.05) is 31.1 Å². The summed E-state index contributed by atoms with van der Waals surface area (Å²) in [5.74, 6) is 0.105. The van der Waals surface area contributed by atoms with Crippen LogP contribution in [0.25, 0.3) is 0 Å². The van der Waals surface area contributed by atoms with Crippen LogP contribution in [-0.2, 0) is 6.18 Å². The first-order valence-electron chi connectivity index (χ1n) is 8.74. The van der Waals surface area contributed by atoms with Gasteiger partial charge in [-0.1, -0.05) is 0 Å². The summed E-state index contributed by atoms with van der Waals surface area (Å²) < 4.78 is 39.5. The van der Waals surface area contributed by atoms with Crippen molar-refractivity contribution in [3.63, 3.8) is 0 Å². The topological polar surface area (TPSA) is 80.1 Å². The highest BCUT2D eigenvalue weighted by Gasteiger charge is 2.41. The maximum Gasteiger partial charge on any atom is 0.435 e. The second-order valence-electron chi connectivity index (χ2n) is 7.21. The molecule has 0 aliphatic carbocycles. The molecule has 2 aliphatic heterocycles. The van der Waals surface area contributed by atoms with Crippen molar-refractivity contribution >= 4 is 5.69 Å². The van der Waals surface area contributed by atoms with Gasteiger partial charge in [-0.3, -0.25) is 4.90 Å². The number of β-amino-alcohol motifs (C(OH)–C–C–N with tert-alkyl or cyclic N) is 1. The SMILES string of the molecule is C[C@@H]1[C@@H](O)[C@H](O)[C@@H](O)CN1CC1CCN(c2cccnc2C(F)(F)F)C1. The molecule has 0 radical (unpaired) electrons. The third kappa shape index (κ3) is 3.80. The van der Waals surface area contributed by atoms with E-state index >= 15 is 0 Å². The van der Waals surface area contributed by atoms with Crippen LogP contribution < -0.4 is 4.90 Å². The summed E-state index contributed by atoms with van der Waals surface area (Å²) >= 11 is 0. The fourth-order valence-electron chi connectivity index (χ4n) is 3.89. The number of aliphatic hydroxyl groups excluding tert-OH is 3. The Morgan fingerprint density at radius 2 is 1.92 bits per heavy atom. The zero-order valence-corrected chi connectivity index (χ0v) is 14.5. The Hall–Kier alpha value is -1.42. The second kappa shape index (κ2) is 7.30. The molecular formula is C17H24F3N3O3. The van der Waals surface area contributed by atoms with Crippen LogP contribution in [-0.4, -0.2) is 75.7 Å². The van der Waals surface area contributed by atoms with Crippen LogP contribution in [0.4, 0.5) is 18.9 Å². The minimum absolute atomic E-state index is 0.0877. The molecule has 146 valence electrons. The van der Waals surface area contributed by atoms with Crippen molar-refractivity contribution in [1.82, 2.24) is 9.88 Å². The van der Waals surface area contributed by atoms with E-state index in [1.54, 1.807) is 11.8 Å². The molecule has 3 N–H and O–H groups in total. The molecule has 6 nitrogen and oxygen atoms in total. The van der Waals surface area contributed by atoms with Gasteiger partial charge in [-0.2, -0.15) is 13.2 Å². The van der Waals surface area contributed by atoms with Crippen LogP contribution in [0.3, 0.4) is 0 Å². The molecule has 1 unspecified atom stereocenters. The van der Waals surface area contributed by atoms with E-state index in [0.29, 0.717) is 26.1 Å². The third-order valence-electron chi connectivity index (χ3n) is 5.41. The number of halogens is 3. The predicted molar refractivity (Wildman–Crippen MR) is 88.6 cm³/mol. The summed E-state index contributed by atoms with van der Waals surface area (Å²) in [7, 11) is 0. The molecule has 0 amide bonds. The lowest BCUT2D eigenvalue weighted by Crippen LogP contribution is -2.60. The highest BCUT2D eigenvalue weighted by Crippen LogP contribution is 2.37. The van der Waals surface area contributed by atoms with Crippen LogP contribution in [0.2, 0.25) is 0 Å². The Morgan fingerprint density at radius 3 is 2.62 bits per heavy atom. The minimum atomic E-state index is -4.50. The molecule has 3 rings (SSSR count). The summed E-state index contributed by atoms with van der Waals surface area (Å²) in [6.45, 7) is 3.49. The number of aliphatic hydroxyl groups is 3. The molecule has 1 aromatic heterocycles. The van der Waals surface area contributed by atoms with Gasteiger partial charge in [0.05, 0.1) is 17.9 Å². The number of alkyl halides is 3. The van der Waals surface area contributed by atoms with E-state index in [1.807, 2.05) is 4.90 Å². The fraction of sp³-hybridized carbons (Fsp3) is 0.706. The lowest BCUT2D eigenvalue weighted by atomic mass is 9.93. The highest BCUT2D eigenvalue weighted by molar-refractivity contribution is 5.52. The van der Waals surface area contributed by atoms with Gasteiger partial charge >= 0.3 is 6.18 Å². The summed E-state index contributed by atoms with van der Waals surface area (Å²) in [6, 6.07) is 2.61. The normalized spacial score (nSPS) is 33.7. The quantitative estimate of drug-likeness (QED) is 0.722. The lowest BCUT2D eigenvalue weighted by Gasteiger charge is -2.43. The Kier molecular flexibility index (Phi) is 5.43. The maximum atomic E-state index is 13.2. The summed E-state index contributed by atoms with van der Waals surface area (Å²) in [4.78, 5) is 7.09. The van der Waals surface area contributed by atoms with Crippen molar-refractivity contribution in [2.24, 2.45) is 5.92 Å². The van der Waals surface area contributed by atoms with Crippen molar-refractivity contribution in [2.45, 2.75) is 43.9 Å².